The minimum atomic E-state index is -0.243. The summed E-state index contributed by atoms with van der Waals surface area (Å²) in [5.41, 5.74) is 0.451. The van der Waals surface area contributed by atoms with E-state index in [1.807, 2.05) is 48.5 Å². The Morgan fingerprint density at radius 3 is 1.38 bits per heavy atom. The van der Waals surface area contributed by atoms with E-state index in [9.17, 15) is 4.39 Å². The summed E-state index contributed by atoms with van der Waals surface area (Å²) in [5.74, 6) is 0.579. The fourth-order valence-electron chi connectivity index (χ4n) is 0.838. The molecule has 2 aromatic heterocycles. The molecule has 0 bridgehead atoms. The third-order valence-electron chi connectivity index (χ3n) is 1.64. The van der Waals surface area contributed by atoms with Gasteiger partial charge in [-0.1, -0.05) is 41.5 Å². The first-order valence-corrected chi connectivity index (χ1v) is 7.51. The van der Waals surface area contributed by atoms with Crippen molar-refractivity contribution in [3.8, 4) is 0 Å². The zero-order valence-electron chi connectivity index (χ0n) is 14.7. The van der Waals surface area contributed by atoms with E-state index < -0.39 is 0 Å². The smallest absolute Gasteiger partial charge is 0.144 e. The van der Waals surface area contributed by atoms with Gasteiger partial charge >= 0.3 is 0 Å². The molecule has 0 atom stereocenters. The predicted molar refractivity (Wildman–Crippen MR) is 89.7 cm³/mol. The molecular weight excluding hydrogens is 265 g/mol. The summed E-state index contributed by atoms with van der Waals surface area (Å²) >= 11 is 0. The Hall–Kier alpha value is -1.84. The highest BCUT2D eigenvalue weighted by Gasteiger charge is 1.90. The van der Waals surface area contributed by atoms with Gasteiger partial charge in [0.25, 0.3) is 0 Å². The monoisotopic (exact) mass is 295 g/mol. The van der Waals surface area contributed by atoms with Gasteiger partial charge in [-0.25, -0.2) is 14.4 Å². The highest BCUT2D eigenvalue weighted by molar-refractivity contribution is 5.03. The molecule has 0 saturated carbocycles. The molecule has 3 nitrogen and oxygen atoms in total. The molecule has 0 aliphatic carbocycles. The number of rotatable bonds is 0. The minimum Gasteiger partial charge on any atom is -0.259 e. The molecule has 21 heavy (non-hydrogen) atoms. The first-order valence-electron chi connectivity index (χ1n) is 7.51. The van der Waals surface area contributed by atoms with Gasteiger partial charge in [0.05, 0.1) is 5.69 Å². The Labute approximate surface area is 129 Å². The largest absolute Gasteiger partial charge is 0.259 e. The van der Waals surface area contributed by atoms with Crippen LogP contribution in [-0.2, 0) is 0 Å². The topological polar surface area (TPSA) is 38.7 Å². The second-order valence-corrected chi connectivity index (χ2v) is 2.87. The normalized spacial score (nSPS) is 7.29. The number of nitrogens with zero attached hydrogens (tertiary/aromatic N) is 3. The second kappa shape index (κ2) is 20.5. The van der Waals surface area contributed by atoms with Gasteiger partial charge in [-0.2, -0.15) is 0 Å². The third-order valence-corrected chi connectivity index (χ3v) is 1.64. The summed E-state index contributed by atoms with van der Waals surface area (Å²) in [4.78, 5) is 11.4. The summed E-state index contributed by atoms with van der Waals surface area (Å²) in [7, 11) is 0. The molecule has 0 aliphatic heterocycles. The molecule has 0 aliphatic rings. The van der Waals surface area contributed by atoms with Crippen molar-refractivity contribution in [1.82, 2.24) is 15.0 Å². The van der Waals surface area contributed by atoms with Crippen molar-refractivity contribution in [3.05, 3.63) is 54.1 Å². The van der Waals surface area contributed by atoms with Crippen molar-refractivity contribution in [3.63, 3.8) is 0 Å². The lowest BCUT2D eigenvalue weighted by molar-refractivity contribution is 0.610. The van der Waals surface area contributed by atoms with Crippen LogP contribution in [0.3, 0.4) is 0 Å². The van der Waals surface area contributed by atoms with E-state index in [2.05, 4.69) is 15.0 Å². The van der Waals surface area contributed by atoms with Crippen LogP contribution in [0.4, 0.5) is 4.39 Å². The molecule has 4 heteroatoms. The van der Waals surface area contributed by atoms with Crippen LogP contribution in [0.25, 0.3) is 0 Å². The zero-order chi connectivity index (χ0) is 17.1. The van der Waals surface area contributed by atoms with Crippen molar-refractivity contribution in [1.29, 1.82) is 0 Å². The molecule has 120 valence electrons. The highest BCUT2D eigenvalue weighted by atomic mass is 19.1. The van der Waals surface area contributed by atoms with Gasteiger partial charge < -0.3 is 0 Å². The van der Waals surface area contributed by atoms with Crippen LogP contribution in [0.5, 0.6) is 0 Å². The van der Waals surface area contributed by atoms with E-state index >= 15 is 0 Å². The first-order chi connectivity index (χ1) is 10.2. The molecular formula is C17H30FN3. The summed E-state index contributed by atoms with van der Waals surface area (Å²) in [6.45, 7) is 15.5. The molecule has 0 N–H and O–H groups in total. The molecule has 2 rings (SSSR count). The lowest BCUT2D eigenvalue weighted by Gasteiger charge is -1.88. The van der Waals surface area contributed by atoms with Crippen LogP contribution in [0.2, 0.25) is 0 Å². The van der Waals surface area contributed by atoms with Crippen molar-refractivity contribution < 1.29 is 4.39 Å². The van der Waals surface area contributed by atoms with Gasteiger partial charge in [-0.05, 0) is 32.0 Å². The Bertz CT molecular complexity index is 385. The van der Waals surface area contributed by atoms with E-state index in [0.29, 0.717) is 5.69 Å². The lowest BCUT2D eigenvalue weighted by Crippen LogP contribution is -1.82. The molecule has 0 fully saturated rings. The van der Waals surface area contributed by atoms with Crippen LogP contribution in [-0.4, -0.2) is 15.0 Å². The molecule has 0 spiro atoms. The number of hydrogen-bond acceptors (Lipinski definition) is 3. The van der Waals surface area contributed by atoms with Crippen LogP contribution < -0.4 is 0 Å². The Morgan fingerprint density at radius 1 is 0.714 bits per heavy atom. The first kappa shape index (κ1) is 24.2. The Balaban J connectivity index is -0.000000229. The second-order valence-electron chi connectivity index (χ2n) is 2.87. The fraction of sp³-hybridized carbons (Fsp3) is 0.471. The average Bonchev–Trinajstić information content (AvgIpc) is 2.57. The van der Waals surface area contributed by atoms with Crippen molar-refractivity contribution in [2.24, 2.45) is 0 Å². The molecule has 2 aromatic rings. The van der Waals surface area contributed by atoms with Gasteiger partial charge in [0.2, 0.25) is 0 Å². The summed E-state index contributed by atoms with van der Waals surface area (Å²) < 4.78 is 12.3. The van der Waals surface area contributed by atoms with Crippen LogP contribution in [0.15, 0.2) is 36.8 Å². The quantitative estimate of drug-likeness (QED) is 0.653. The molecule has 0 radical (unpaired) electrons. The van der Waals surface area contributed by atoms with E-state index in [4.69, 9.17) is 0 Å². The molecule has 0 amide bonds. The Morgan fingerprint density at radius 2 is 1.14 bits per heavy atom. The van der Waals surface area contributed by atoms with E-state index in [0.717, 1.165) is 5.82 Å². The van der Waals surface area contributed by atoms with Crippen LogP contribution >= 0.6 is 0 Å². The van der Waals surface area contributed by atoms with E-state index in [-0.39, 0.29) is 5.82 Å². The van der Waals surface area contributed by atoms with Gasteiger partial charge in [-0.3, -0.25) is 4.98 Å². The zero-order valence-corrected chi connectivity index (χ0v) is 14.7. The van der Waals surface area contributed by atoms with Gasteiger partial charge in [-0.15, -0.1) is 0 Å². The number of hydrogen-bond donors (Lipinski definition) is 0. The molecule has 0 unspecified atom stereocenters. The standard InChI is InChI=1S/C6H6FN.C5H6N2.3C2H6/c1-5-6(7)3-2-4-8-5;1-5-6-3-2-4-7-5;3*1-2/h2-4H,1H3;2-4H,1H3;3*1-2H3. The van der Waals surface area contributed by atoms with Gasteiger partial charge in [0.15, 0.2) is 0 Å². The molecule has 2 heterocycles. The van der Waals surface area contributed by atoms with E-state index in [1.165, 1.54) is 6.07 Å². The summed E-state index contributed by atoms with van der Waals surface area (Å²) in [6.07, 6.45) is 5.02. The number of aryl methyl sites for hydroxylation is 2. The number of halogens is 1. The summed E-state index contributed by atoms with van der Waals surface area (Å²) in [6, 6.07) is 4.76. The van der Waals surface area contributed by atoms with Crippen LogP contribution in [0.1, 0.15) is 53.1 Å². The van der Waals surface area contributed by atoms with E-state index in [1.54, 1.807) is 37.6 Å². The average molecular weight is 295 g/mol. The fourth-order valence-corrected chi connectivity index (χ4v) is 0.838. The van der Waals surface area contributed by atoms with Crippen molar-refractivity contribution >= 4 is 0 Å². The molecule has 0 saturated heterocycles. The van der Waals surface area contributed by atoms with Crippen LogP contribution in [0, 0.1) is 19.7 Å². The highest BCUT2D eigenvalue weighted by Crippen LogP contribution is 1.97. The van der Waals surface area contributed by atoms with Crippen molar-refractivity contribution in [2.75, 3.05) is 0 Å². The SMILES string of the molecule is CC.CC.CC.Cc1ncccc1F.Cc1ncccn1. The maximum Gasteiger partial charge on any atom is 0.144 e. The summed E-state index contributed by atoms with van der Waals surface area (Å²) in [5, 5.41) is 0. The lowest BCUT2D eigenvalue weighted by atomic mass is 10.4. The van der Waals surface area contributed by atoms with Crippen molar-refractivity contribution in [2.45, 2.75) is 55.4 Å². The predicted octanol–water partition coefficient (Wildman–Crippen LogP) is 5.39. The van der Waals surface area contributed by atoms with Gasteiger partial charge in [0, 0.05) is 18.6 Å². The Kier molecular flexibility index (Phi) is 23.6. The number of pyridine rings is 1. The maximum absolute atomic E-state index is 12.3. The third kappa shape index (κ3) is 16.1. The molecule has 0 aromatic carbocycles. The maximum atomic E-state index is 12.3. The minimum absolute atomic E-state index is 0.243. The van der Waals surface area contributed by atoms with Gasteiger partial charge in [0.1, 0.15) is 11.6 Å². The number of aromatic nitrogens is 3.